The summed E-state index contributed by atoms with van der Waals surface area (Å²) in [4.78, 5) is 30.2. The molecule has 0 aromatic heterocycles. The number of carbonyl (C=O) groups is 2. The molecule has 3 rings (SSSR count). The van der Waals surface area contributed by atoms with Gasteiger partial charge in [0.15, 0.2) is 11.5 Å². The zero-order valence-electron chi connectivity index (χ0n) is 19.7. The molecule has 170 valence electrons. The van der Waals surface area contributed by atoms with Gasteiger partial charge in [-0.2, -0.15) is 0 Å². The summed E-state index contributed by atoms with van der Waals surface area (Å²) < 4.78 is 5.89. The van der Waals surface area contributed by atoms with Crippen LogP contribution in [0.5, 0.6) is 5.75 Å². The SMILES string of the molecule is CCCOc1ccccc1N1C(=O)C(O)=C(C(=O)C(C)(C)C)C1c1ccc(N(C)C)cc1. The Morgan fingerprint density at radius 2 is 1.72 bits per heavy atom. The highest BCUT2D eigenvalue weighted by Crippen LogP contribution is 2.46. The quantitative estimate of drug-likeness (QED) is 0.657. The van der Waals surface area contributed by atoms with Crippen molar-refractivity contribution in [2.45, 2.75) is 40.2 Å². The van der Waals surface area contributed by atoms with E-state index in [0.29, 0.717) is 18.0 Å². The number of para-hydroxylation sites is 2. The molecular formula is C26H32N2O4. The average Bonchev–Trinajstić information content (AvgIpc) is 3.01. The number of Topliss-reactive ketones (excluding diaryl/α,β-unsaturated/α-hetero) is 1. The summed E-state index contributed by atoms with van der Waals surface area (Å²) in [5, 5.41) is 10.9. The zero-order chi connectivity index (χ0) is 23.6. The Morgan fingerprint density at radius 3 is 2.28 bits per heavy atom. The fourth-order valence-electron chi connectivity index (χ4n) is 3.75. The molecule has 0 bridgehead atoms. The van der Waals surface area contributed by atoms with Crippen LogP contribution in [0.2, 0.25) is 0 Å². The summed E-state index contributed by atoms with van der Waals surface area (Å²) in [6, 6.07) is 14.1. The molecule has 2 aromatic rings. The van der Waals surface area contributed by atoms with Crippen molar-refractivity contribution in [3.05, 3.63) is 65.4 Å². The number of rotatable bonds is 7. The molecule has 1 aliphatic rings. The van der Waals surface area contributed by atoms with Crippen molar-refractivity contribution in [1.29, 1.82) is 0 Å². The van der Waals surface area contributed by atoms with Gasteiger partial charge in [-0.25, -0.2) is 0 Å². The smallest absolute Gasteiger partial charge is 0.294 e. The molecule has 1 aliphatic heterocycles. The molecule has 6 heteroatoms. The van der Waals surface area contributed by atoms with Crippen molar-refractivity contribution in [2.24, 2.45) is 5.41 Å². The molecule has 0 spiro atoms. The summed E-state index contributed by atoms with van der Waals surface area (Å²) in [5.74, 6) is -0.835. The van der Waals surface area contributed by atoms with Crippen LogP contribution in [0.3, 0.4) is 0 Å². The van der Waals surface area contributed by atoms with Crippen molar-refractivity contribution in [2.75, 3.05) is 30.5 Å². The minimum atomic E-state index is -0.764. The van der Waals surface area contributed by atoms with Gasteiger partial charge in [-0.1, -0.05) is 52.0 Å². The van der Waals surface area contributed by atoms with Crippen LogP contribution in [0.15, 0.2) is 59.9 Å². The van der Waals surface area contributed by atoms with Crippen LogP contribution in [0.1, 0.15) is 45.7 Å². The third-order valence-corrected chi connectivity index (χ3v) is 5.45. The van der Waals surface area contributed by atoms with Gasteiger partial charge >= 0.3 is 0 Å². The van der Waals surface area contributed by atoms with E-state index in [4.69, 9.17) is 4.74 Å². The Hall–Kier alpha value is -3.28. The zero-order valence-corrected chi connectivity index (χ0v) is 19.7. The van der Waals surface area contributed by atoms with Crippen molar-refractivity contribution in [3.63, 3.8) is 0 Å². The van der Waals surface area contributed by atoms with E-state index < -0.39 is 23.1 Å². The lowest BCUT2D eigenvalue weighted by Crippen LogP contribution is -2.33. The first-order valence-electron chi connectivity index (χ1n) is 10.9. The van der Waals surface area contributed by atoms with Crippen LogP contribution >= 0.6 is 0 Å². The molecular weight excluding hydrogens is 404 g/mol. The molecule has 32 heavy (non-hydrogen) atoms. The summed E-state index contributed by atoms with van der Waals surface area (Å²) in [6.45, 7) is 7.86. The molecule has 0 radical (unpaired) electrons. The predicted octanol–water partition coefficient (Wildman–Crippen LogP) is 5.06. The Morgan fingerprint density at radius 1 is 1.09 bits per heavy atom. The molecule has 0 aliphatic carbocycles. The number of aliphatic hydroxyl groups excluding tert-OH is 1. The lowest BCUT2D eigenvalue weighted by Gasteiger charge is -2.30. The second kappa shape index (κ2) is 9.07. The highest BCUT2D eigenvalue weighted by molar-refractivity contribution is 6.17. The maximum absolute atomic E-state index is 13.4. The molecule has 1 atom stereocenters. The van der Waals surface area contributed by atoms with Crippen molar-refractivity contribution >= 4 is 23.1 Å². The fraction of sp³-hybridized carbons (Fsp3) is 0.385. The average molecular weight is 437 g/mol. The summed E-state index contributed by atoms with van der Waals surface area (Å²) in [5.41, 5.74) is 1.61. The maximum atomic E-state index is 13.4. The topological polar surface area (TPSA) is 70.1 Å². The number of hydrogen-bond acceptors (Lipinski definition) is 5. The van der Waals surface area contributed by atoms with Gasteiger partial charge < -0.3 is 14.7 Å². The maximum Gasteiger partial charge on any atom is 0.294 e. The lowest BCUT2D eigenvalue weighted by molar-refractivity contribution is -0.123. The number of ketones is 1. The van der Waals surface area contributed by atoms with E-state index >= 15 is 0 Å². The number of anilines is 2. The van der Waals surface area contributed by atoms with Gasteiger partial charge in [0.2, 0.25) is 0 Å². The first kappa shape index (κ1) is 23.4. The second-order valence-corrected chi connectivity index (χ2v) is 9.22. The van der Waals surface area contributed by atoms with E-state index in [9.17, 15) is 14.7 Å². The largest absolute Gasteiger partial charge is 0.503 e. The number of amides is 1. The van der Waals surface area contributed by atoms with Crippen molar-refractivity contribution in [3.8, 4) is 5.75 Å². The van der Waals surface area contributed by atoms with Crippen molar-refractivity contribution in [1.82, 2.24) is 0 Å². The summed E-state index contributed by atoms with van der Waals surface area (Å²) >= 11 is 0. The minimum Gasteiger partial charge on any atom is -0.503 e. The fourth-order valence-corrected chi connectivity index (χ4v) is 3.75. The minimum absolute atomic E-state index is 0.116. The third-order valence-electron chi connectivity index (χ3n) is 5.45. The van der Waals surface area contributed by atoms with E-state index in [1.165, 1.54) is 4.90 Å². The molecule has 0 saturated heterocycles. The monoisotopic (exact) mass is 436 g/mol. The highest BCUT2D eigenvalue weighted by Gasteiger charge is 2.47. The Balaban J connectivity index is 2.19. The van der Waals surface area contributed by atoms with Crippen LogP contribution < -0.4 is 14.5 Å². The summed E-state index contributed by atoms with van der Waals surface area (Å²) in [7, 11) is 3.89. The standard InChI is InChI=1S/C26H32N2O4/c1-7-16-32-20-11-9-8-10-19(20)28-22(17-12-14-18(15-13-17)27(5)6)21(23(29)25(28)31)24(30)26(2,3)4/h8-15,22,29H,7,16H2,1-6H3. The number of nitrogens with zero attached hydrogens (tertiary/aromatic N) is 2. The van der Waals surface area contributed by atoms with Crippen LogP contribution in [-0.2, 0) is 9.59 Å². The number of aliphatic hydroxyl groups is 1. The molecule has 1 amide bonds. The van der Waals surface area contributed by atoms with Crippen LogP contribution in [0, 0.1) is 5.41 Å². The normalized spacial score (nSPS) is 16.5. The first-order chi connectivity index (χ1) is 15.1. The summed E-state index contributed by atoms with van der Waals surface area (Å²) in [6.07, 6.45) is 0.814. The van der Waals surface area contributed by atoms with Crippen LogP contribution in [-0.4, -0.2) is 37.5 Å². The van der Waals surface area contributed by atoms with E-state index in [-0.39, 0.29) is 11.4 Å². The van der Waals surface area contributed by atoms with E-state index in [2.05, 4.69) is 0 Å². The van der Waals surface area contributed by atoms with Gasteiger partial charge in [0.05, 0.1) is 23.9 Å². The van der Waals surface area contributed by atoms with Gasteiger partial charge in [0, 0.05) is 25.2 Å². The Bertz CT molecular complexity index is 1030. The molecule has 1 heterocycles. The molecule has 1 unspecified atom stereocenters. The molecule has 2 aromatic carbocycles. The van der Waals surface area contributed by atoms with E-state index in [1.807, 2.05) is 62.3 Å². The van der Waals surface area contributed by atoms with Crippen molar-refractivity contribution < 1.29 is 19.4 Å². The van der Waals surface area contributed by atoms with E-state index in [0.717, 1.165) is 17.7 Å². The molecule has 0 fully saturated rings. The number of carbonyl (C=O) groups excluding carboxylic acids is 2. The van der Waals surface area contributed by atoms with Gasteiger partial charge in [0.1, 0.15) is 5.75 Å². The van der Waals surface area contributed by atoms with E-state index in [1.54, 1.807) is 32.9 Å². The lowest BCUT2D eigenvalue weighted by atomic mass is 9.82. The molecule has 1 N–H and O–H groups in total. The number of benzene rings is 2. The van der Waals surface area contributed by atoms with Gasteiger partial charge in [0.25, 0.3) is 5.91 Å². The van der Waals surface area contributed by atoms with Gasteiger partial charge in [-0.3, -0.25) is 14.5 Å². The van der Waals surface area contributed by atoms with Crippen LogP contribution in [0.25, 0.3) is 0 Å². The predicted molar refractivity (Wildman–Crippen MR) is 127 cm³/mol. The Labute approximate surface area is 190 Å². The van der Waals surface area contributed by atoms with Gasteiger partial charge in [-0.15, -0.1) is 0 Å². The number of hydrogen-bond donors (Lipinski definition) is 1. The molecule has 0 saturated carbocycles. The number of ether oxygens (including phenoxy) is 1. The second-order valence-electron chi connectivity index (χ2n) is 9.22. The van der Waals surface area contributed by atoms with Crippen LogP contribution in [0.4, 0.5) is 11.4 Å². The van der Waals surface area contributed by atoms with Gasteiger partial charge in [-0.05, 0) is 36.2 Å². The highest BCUT2D eigenvalue weighted by atomic mass is 16.5. The molecule has 6 nitrogen and oxygen atoms in total. The Kier molecular flexibility index (Phi) is 6.63. The third kappa shape index (κ3) is 4.35. The first-order valence-corrected chi connectivity index (χ1v) is 10.9.